The van der Waals surface area contributed by atoms with E-state index in [4.69, 9.17) is 14.2 Å². The Labute approximate surface area is 170 Å². The molecule has 0 bridgehead atoms. The number of benzene rings is 2. The molecule has 154 valence electrons. The number of methoxy groups -OCH3 is 2. The Morgan fingerprint density at radius 2 is 1.52 bits per heavy atom. The van der Waals surface area contributed by atoms with Crippen molar-refractivity contribution in [2.45, 2.75) is 6.92 Å². The molecule has 1 aliphatic heterocycles. The highest BCUT2D eigenvalue weighted by Crippen LogP contribution is 2.28. The van der Waals surface area contributed by atoms with Crippen molar-refractivity contribution in [1.29, 1.82) is 0 Å². The molecular weight excluding hydrogens is 372 g/mol. The molecule has 1 fully saturated rings. The average molecular weight is 398 g/mol. The van der Waals surface area contributed by atoms with Crippen LogP contribution in [0.3, 0.4) is 0 Å². The second kappa shape index (κ2) is 9.32. The van der Waals surface area contributed by atoms with E-state index >= 15 is 0 Å². The van der Waals surface area contributed by atoms with Crippen LogP contribution in [-0.2, 0) is 4.79 Å². The number of amides is 2. The minimum atomic E-state index is -0.0887. The standard InChI is InChI=1S/C22H26N2O5/c1-16-6-4-5-7-18(16)29-15-21(25)23-10-12-24(13-11-23)22(26)17-8-9-19(27-2)20(14-17)28-3/h4-9,14H,10-13,15H2,1-3H3. The Morgan fingerprint density at radius 3 is 2.17 bits per heavy atom. The van der Waals surface area contributed by atoms with Crippen LogP contribution in [-0.4, -0.2) is 68.6 Å². The maximum absolute atomic E-state index is 12.8. The molecule has 0 radical (unpaired) electrons. The van der Waals surface area contributed by atoms with Crippen molar-refractivity contribution < 1.29 is 23.8 Å². The van der Waals surface area contributed by atoms with E-state index < -0.39 is 0 Å². The average Bonchev–Trinajstić information content (AvgIpc) is 2.77. The van der Waals surface area contributed by atoms with Crippen molar-refractivity contribution in [2.24, 2.45) is 0 Å². The number of hydrogen-bond acceptors (Lipinski definition) is 5. The maximum atomic E-state index is 12.8. The monoisotopic (exact) mass is 398 g/mol. The second-order valence-corrected chi connectivity index (χ2v) is 6.80. The number of rotatable bonds is 6. The number of ether oxygens (including phenoxy) is 3. The number of hydrogen-bond donors (Lipinski definition) is 0. The first-order valence-corrected chi connectivity index (χ1v) is 9.51. The summed E-state index contributed by atoms with van der Waals surface area (Å²) in [6.45, 7) is 3.85. The molecule has 2 amide bonds. The number of aryl methyl sites for hydroxylation is 1. The van der Waals surface area contributed by atoms with Crippen LogP contribution in [0.2, 0.25) is 0 Å². The normalized spacial score (nSPS) is 13.8. The summed E-state index contributed by atoms with van der Waals surface area (Å²) >= 11 is 0. The molecule has 2 aromatic carbocycles. The summed E-state index contributed by atoms with van der Waals surface area (Å²) in [7, 11) is 3.09. The van der Waals surface area contributed by atoms with E-state index in [-0.39, 0.29) is 18.4 Å². The van der Waals surface area contributed by atoms with Crippen LogP contribution in [0.5, 0.6) is 17.2 Å². The van der Waals surface area contributed by atoms with E-state index in [1.807, 2.05) is 31.2 Å². The van der Waals surface area contributed by atoms with Crippen LogP contribution in [0.15, 0.2) is 42.5 Å². The van der Waals surface area contributed by atoms with Crippen LogP contribution < -0.4 is 14.2 Å². The molecule has 0 saturated carbocycles. The van der Waals surface area contributed by atoms with E-state index in [0.29, 0.717) is 49.0 Å². The van der Waals surface area contributed by atoms with E-state index in [2.05, 4.69) is 0 Å². The zero-order chi connectivity index (χ0) is 20.8. The van der Waals surface area contributed by atoms with Gasteiger partial charge in [-0.05, 0) is 36.8 Å². The van der Waals surface area contributed by atoms with Gasteiger partial charge in [0, 0.05) is 31.7 Å². The second-order valence-electron chi connectivity index (χ2n) is 6.80. The third kappa shape index (κ3) is 4.80. The summed E-state index contributed by atoms with van der Waals surface area (Å²) in [6, 6.07) is 12.7. The van der Waals surface area contributed by atoms with Gasteiger partial charge >= 0.3 is 0 Å². The molecule has 7 heteroatoms. The van der Waals surface area contributed by atoms with Crippen molar-refractivity contribution in [3.05, 3.63) is 53.6 Å². The molecule has 29 heavy (non-hydrogen) atoms. The first-order valence-electron chi connectivity index (χ1n) is 9.51. The molecule has 0 aliphatic carbocycles. The summed E-state index contributed by atoms with van der Waals surface area (Å²) in [5, 5.41) is 0. The third-order valence-corrected chi connectivity index (χ3v) is 4.99. The molecule has 1 aliphatic rings. The van der Waals surface area contributed by atoms with Gasteiger partial charge in [-0.25, -0.2) is 0 Å². The predicted octanol–water partition coefficient (Wildman–Crippen LogP) is 2.38. The van der Waals surface area contributed by atoms with Gasteiger partial charge in [0.2, 0.25) is 0 Å². The third-order valence-electron chi connectivity index (χ3n) is 4.99. The molecule has 0 unspecified atom stereocenters. The van der Waals surface area contributed by atoms with Crippen molar-refractivity contribution in [1.82, 2.24) is 9.80 Å². The Balaban J connectivity index is 1.54. The summed E-state index contributed by atoms with van der Waals surface area (Å²) < 4.78 is 16.1. The van der Waals surface area contributed by atoms with Crippen LogP contribution in [0.1, 0.15) is 15.9 Å². The maximum Gasteiger partial charge on any atom is 0.260 e. The Kier molecular flexibility index (Phi) is 6.59. The molecule has 1 saturated heterocycles. The summed E-state index contributed by atoms with van der Waals surface area (Å²) in [5.41, 5.74) is 1.52. The van der Waals surface area contributed by atoms with Gasteiger partial charge in [0.05, 0.1) is 14.2 Å². The van der Waals surface area contributed by atoms with Gasteiger partial charge < -0.3 is 24.0 Å². The molecule has 2 aromatic rings. The van der Waals surface area contributed by atoms with Gasteiger partial charge in [0.1, 0.15) is 5.75 Å². The fourth-order valence-corrected chi connectivity index (χ4v) is 3.26. The molecule has 0 spiro atoms. The quantitative estimate of drug-likeness (QED) is 0.747. The SMILES string of the molecule is COc1ccc(C(=O)N2CCN(C(=O)COc3ccccc3C)CC2)cc1OC. The van der Waals surface area contributed by atoms with E-state index in [0.717, 1.165) is 5.56 Å². The van der Waals surface area contributed by atoms with Crippen molar-refractivity contribution in [3.63, 3.8) is 0 Å². The number of nitrogens with zero attached hydrogens (tertiary/aromatic N) is 2. The molecule has 0 aromatic heterocycles. The lowest BCUT2D eigenvalue weighted by Crippen LogP contribution is -2.51. The molecule has 7 nitrogen and oxygen atoms in total. The highest BCUT2D eigenvalue weighted by molar-refractivity contribution is 5.95. The van der Waals surface area contributed by atoms with Crippen LogP contribution >= 0.6 is 0 Å². The van der Waals surface area contributed by atoms with Gasteiger partial charge in [-0.15, -0.1) is 0 Å². The number of carbonyl (C=O) groups excluding carboxylic acids is 2. The van der Waals surface area contributed by atoms with E-state index in [1.165, 1.54) is 7.11 Å². The van der Waals surface area contributed by atoms with Crippen molar-refractivity contribution in [3.8, 4) is 17.2 Å². The summed E-state index contributed by atoms with van der Waals surface area (Å²) in [4.78, 5) is 28.7. The first kappa shape index (κ1) is 20.5. The molecular formula is C22H26N2O5. The molecule has 3 rings (SSSR count). The lowest BCUT2D eigenvalue weighted by atomic mass is 10.1. The van der Waals surface area contributed by atoms with Gasteiger partial charge in [0.25, 0.3) is 11.8 Å². The molecule has 0 atom stereocenters. The Bertz CT molecular complexity index is 875. The van der Waals surface area contributed by atoms with Crippen LogP contribution in [0, 0.1) is 6.92 Å². The molecule has 1 heterocycles. The Hall–Kier alpha value is -3.22. The lowest BCUT2D eigenvalue weighted by molar-refractivity contribution is -0.134. The van der Waals surface area contributed by atoms with Gasteiger partial charge in [0.15, 0.2) is 18.1 Å². The van der Waals surface area contributed by atoms with Gasteiger partial charge in [-0.2, -0.15) is 0 Å². The largest absolute Gasteiger partial charge is 0.493 e. The lowest BCUT2D eigenvalue weighted by Gasteiger charge is -2.34. The minimum absolute atomic E-state index is 0.00548. The summed E-state index contributed by atoms with van der Waals surface area (Å²) in [5.74, 6) is 1.64. The predicted molar refractivity (Wildman–Crippen MR) is 109 cm³/mol. The van der Waals surface area contributed by atoms with Crippen molar-refractivity contribution >= 4 is 11.8 Å². The first-order chi connectivity index (χ1) is 14.0. The molecule has 0 N–H and O–H groups in total. The fourth-order valence-electron chi connectivity index (χ4n) is 3.26. The van der Waals surface area contributed by atoms with Gasteiger partial charge in [-0.1, -0.05) is 18.2 Å². The fraction of sp³-hybridized carbons (Fsp3) is 0.364. The van der Waals surface area contributed by atoms with Crippen LogP contribution in [0.4, 0.5) is 0 Å². The van der Waals surface area contributed by atoms with E-state index in [1.54, 1.807) is 35.1 Å². The highest BCUT2D eigenvalue weighted by atomic mass is 16.5. The number of para-hydroxylation sites is 1. The number of piperazine rings is 1. The smallest absolute Gasteiger partial charge is 0.260 e. The van der Waals surface area contributed by atoms with Gasteiger partial charge in [-0.3, -0.25) is 9.59 Å². The minimum Gasteiger partial charge on any atom is -0.493 e. The van der Waals surface area contributed by atoms with Crippen molar-refractivity contribution in [2.75, 3.05) is 47.0 Å². The van der Waals surface area contributed by atoms with Crippen LogP contribution in [0.25, 0.3) is 0 Å². The zero-order valence-corrected chi connectivity index (χ0v) is 17.0. The summed E-state index contributed by atoms with van der Waals surface area (Å²) in [6.07, 6.45) is 0. The number of carbonyl (C=O) groups is 2. The van der Waals surface area contributed by atoms with E-state index in [9.17, 15) is 9.59 Å². The topological polar surface area (TPSA) is 68.3 Å². The highest BCUT2D eigenvalue weighted by Gasteiger charge is 2.25. The Morgan fingerprint density at radius 1 is 0.862 bits per heavy atom. The zero-order valence-electron chi connectivity index (χ0n) is 17.0.